The number of hydrogen-bond acceptors (Lipinski definition) is 4. The number of carbonyl (C=O) groups is 1. The van der Waals surface area contributed by atoms with Gasteiger partial charge < -0.3 is 20.5 Å². The normalized spacial score (nSPS) is 25.1. The molecule has 0 spiro atoms. The molecule has 2 unspecified atom stereocenters. The first-order valence-electron chi connectivity index (χ1n) is 5.33. The van der Waals surface area contributed by atoms with Crippen LogP contribution in [0.25, 0.3) is 0 Å². The Bertz CT molecular complexity index is 217. The Balaban J connectivity index is 2.40. The Hall–Kier alpha value is -0.650. The molecule has 3 N–H and O–H groups in total. The van der Waals surface area contributed by atoms with E-state index in [1.807, 2.05) is 6.92 Å². The van der Waals surface area contributed by atoms with E-state index in [0.717, 1.165) is 13.0 Å². The average molecular weight is 216 g/mol. The van der Waals surface area contributed by atoms with Crippen LogP contribution < -0.4 is 11.1 Å². The summed E-state index contributed by atoms with van der Waals surface area (Å²) in [7, 11) is 0. The van der Waals surface area contributed by atoms with Crippen molar-refractivity contribution < 1.29 is 14.3 Å². The summed E-state index contributed by atoms with van der Waals surface area (Å²) in [5, 5.41) is 3.04. The Morgan fingerprint density at radius 2 is 2.47 bits per heavy atom. The predicted molar refractivity (Wildman–Crippen MR) is 56.5 cm³/mol. The summed E-state index contributed by atoms with van der Waals surface area (Å²) in [6.07, 6.45) is 0.989. The van der Waals surface area contributed by atoms with Crippen LogP contribution in [0.5, 0.6) is 0 Å². The number of nitrogens with one attached hydrogen (secondary N) is 1. The first kappa shape index (κ1) is 12.4. The number of amides is 1. The second kappa shape index (κ2) is 5.44. The molecule has 5 heteroatoms. The molecule has 1 aliphatic rings. The van der Waals surface area contributed by atoms with Gasteiger partial charge in [-0.25, -0.2) is 0 Å². The lowest BCUT2D eigenvalue weighted by molar-refractivity contribution is -0.127. The Morgan fingerprint density at radius 3 is 2.93 bits per heavy atom. The molecule has 88 valence electrons. The van der Waals surface area contributed by atoms with Crippen molar-refractivity contribution in [2.75, 3.05) is 26.4 Å². The van der Waals surface area contributed by atoms with E-state index < -0.39 is 5.54 Å². The van der Waals surface area contributed by atoms with Crippen LogP contribution in [0.3, 0.4) is 0 Å². The molecule has 2 atom stereocenters. The van der Waals surface area contributed by atoms with Crippen LogP contribution >= 0.6 is 0 Å². The number of hydrogen-bond donors (Lipinski definition) is 2. The Morgan fingerprint density at radius 1 is 1.73 bits per heavy atom. The maximum atomic E-state index is 11.3. The van der Waals surface area contributed by atoms with Crippen molar-refractivity contribution in [2.45, 2.75) is 31.9 Å². The van der Waals surface area contributed by atoms with Crippen molar-refractivity contribution in [3.05, 3.63) is 0 Å². The van der Waals surface area contributed by atoms with Crippen LogP contribution in [-0.4, -0.2) is 43.9 Å². The van der Waals surface area contributed by atoms with E-state index in [-0.39, 0.29) is 12.0 Å². The molecule has 1 amide bonds. The zero-order valence-corrected chi connectivity index (χ0v) is 9.41. The minimum atomic E-state index is -0.780. The van der Waals surface area contributed by atoms with Crippen molar-refractivity contribution in [3.63, 3.8) is 0 Å². The molecule has 5 nitrogen and oxygen atoms in total. The van der Waals surface area contributed by atoms with Gasteiger partial charge in [0.05, 0.1) is 19.3 Å². The van der Waals surface area contributed by atoms with Gasteiger partial charge >= 0.3 is 0 Å². The van der Waals surface area contributed by atoms with Crippen LogP contribution in [-0.2, 0) is 14.3 Å². The molecule has 0 aromatic carbocycles. The van der Waals surface area contributed by atoms with Gasteiger partial charge in [0.25, 0.3) is 0 Å². The molecule has 1 fully saturated rings. The first-order valence-corrected chi connectivity index (χ1v) is 5.33. The summed E-state index contributed by atoms with van der Waals surface area (Å²) in [5.41, 5.74) is 4.55. The highest BCUT2D eigenvalue weighted by Gasteiger charge is 2.32. The summed E-state index contributed by atoms with van der Waals surface area (Å²) in [4.78, 5) is 11.3. The lowest BCUT2D eigenvalue weighted by Crippen LogP contribution is -2.56. The third-order valence-electron chi connectivity index (χ3n) is 2.61. The van der Waals surface area contributed by atoms with Gasteiger partial charge in [-0.2, -0.15) is 0 Å². The lowest BCUT2D eigenvalue weighted by Gasteiger charge is -2.27. The van der Waals surface area contributed by atoms with Gasteiger partial charge in [-0.3, -0.25) is 4.79 Å². The zero-order chi connectivity index (χ0) is 11.3. The van der Waals surface area contributed by atoms with E-state index in [1.54, 1.807) is 6.92 Å². The molecular formula is C10H20N2O3. The monoisotopic (exact) mass is 216 g/mol. The van der Waals surface area contributed by atoms with Crippen molar-refractivity contribution in [1.82, 2.24) is 5.32 Å². The molecule has 0 aromatic rings. The number of ether oxygens (including phenoxy) is 2. The highest BCUT2D eigenvalue weighted by Crippen LogP contribution is 2.12. The average Bonchev–Trinajstić information content (AvgIpc) is 2.67. The summed E-state index contributed by atoms with van der Waals surface area (Å²) < 4.78 is 10.8. The van der Waals surface area contributed by atoms with E-state index in [9.17, 15) is 4.79 Å². The Labute approximate surface area is 90.3 Å². The van der Waals surface area contributed by atoms with Gasteiger partial charge in [0.15, 0.2) is 0 Å². The standard InChI is InChI=1S/C10H20N2O3/c1-3-12-10(2,9(11)13)7-15-8-4-5-14-6-8/h8,12H,3-7H2,1-2H3,(H2,11,13). The summed E-state index contributed by atoms with van der Waals surface area (Å²) in [6.45, 7) is 6.02. The third-order valence-corrected chi connectivity index (χ3v) is 2.61. The second-order valence-electron chi connectivity index (χ2n) is 4.02. The maximum absolute atomic E-state index is 11.3. The molecule has 1 heterocycles. The van der Waals surface area contributed by atoms with E-state index in [1.165, 1.54) is 0 Å². The summed E-state index contributed by atoms with van der Waals surface area (Å²) >= 11 is 0. The number of carbonyl (C=O) groups excluding carboxylic acids is 1. The van der Waals surface area contributed by atoms with Gasteiger partial charge in [-0.1, -0.05) is 6.92 Å². The van der Waals surface area contributed by atoms with Crippen LogP contribution in [0.15, 0.2) is 0 Å². The summed E-state index contributed by atoms with van der Waals surface area (Å²) in [6, 6.07) is 0. The molecule has 0 bridgehead atoms. The van der Waals surface area contributed by atoms with Gasteiger partial charge in [0, 0.05) is 6.61 Å². The van der Waals surface area contributed by atoms with E-state index >= 15 is 0 Å². The molecule has 1 aliphatic heterocycles. The van der Waals surface area contributed by atoms with Gasteiger partial charge in [-0.15, -0.1) is 0 Å². The molecule has 1 saturated heterocycles. The molecule has 15 heavy (non-hydrogen) atoms. The summed E-state index contributed by atoms with van der Waals surface area (Å²) in [5.74, 6) is -0.386. The molecule has 0 saturated carbocycles. The predicted octanol–water partition coefficient (Wildman–Crippen LogP) is -0.355. The largest absolute Gasteiger partial charge is 0.379 e. The van der Waals surface area contributed by atoms with Crippen LogP contribution in [0, 0.1) is 0 Å². The van der Waals surface area contributed by atoms with Crippen LogP contribution in [0.2, 0.25) is 0 Å². The van der Waals surface area contributed by atoms with Crippen LogP contribution in [0.4, 0.5) is 0 Å². The zero-order valence-electron chi connectivity index (χ0n) is 9.41. The third kappa shape index (κ3) is 3.44. The molecular weight excluding hydrogens is 196 g/mol. The molecule has 0 radical (unpaired) electrons. The fourth-order valence-electron chi connectivity index (χ4n) is 1.53. The topological polar surface area (TPSA) is 73.6 Å². The minimum Gasteiger partial charge on any atom is -0.379 e. The highest BCUT2D eigenvalue weighted by molar-refractivity contribution is 5.84. The lowest BCUT2D eigenvalue weighted by atomic mass is 10.0. The van der Waals surface area contributed by atoms with E-state index in [2.05, 4.69) is 5.32 Å². The van der Waals surface area contributed by atoms with Crippen molar-refractivity contribution in [3.8, 4) is 0 Å². The molecule has 1 rings (SSSR count). The minimum absolute atomic E-state index is 0.0994. The van der Waals surface area contributed by atoms with Gasteiger partial charge in [0.1, 0.15) is 5.54 Å². The molecule has 0 aromatic heterocycles. The highest BCUT2D eigenvalue weighted by atomic mass is 16.5. The fraction of sp³-hybridized carbons (Fsp3) is 0.900. The maximum Gasteiger partial charge on any atom is 0.239 e. The van der Waals surface area contributed by atoms with Crippen molar-refractivity contribution in [2.24, 2.45) is 5.73 Å². The molecule has 0 aliphatic carbocycles. The van der Waals surface area contributed by atoms with Gasteiger partial charge in [-0.05, 0) is 19.9 Å². The fourth-order valence-corrected chi connectivity index (χ4v) is 1.53. The smallest absolute Gasteiger partial charge is 0.239 e. The number of nitrogens with two attached hydrogens (primary N) is 1. The van der Waals surface area contributed by atoms with Crippen LogP contribution in [0.1, 0.15) is 20.3 Å². The van der Waals surface area contributed by atoms with E-state index in [0.29, 0.717) is 19.8 Å². The van der Waals surface area contributed by atoms with Crippen molar-refractivity contribution in [1.29, 1.82) is 0 Å². The number of rotatable bonds is 6. The van der Waals surface area contributed by atoms with Gasteiger partial charge in [0.2, 0.25) is 5.91 Å². The second-order valence-corrected chi connectivity index (χ2v) is 4.02. The van der Waals surface area contributed by atoms with Crippen molar-refractivity contribution >= 4 is 5.91 Å². The van der Waals surface area contributed by atoms with E-state index in [4.69, 9.17) is 15.2 Å². The Kier molecular flexibility index (Phi) is 4.50. The number of primary amides is 1. The number of likely N-dealkylation sites (N-methyl/N-ethyl adjacent to an activating group) is 1. The first-order chi connectivity index (χ1) is 7.08. The SMILES string of the molecule is CCNC(C)(COC1CCOC1)C(N)=O. The quantitative estimate of drug-likeness (QED) is 0.636.